The van der Waals surface area contributed by atoms with Crippen LogP contribution in [0.1, 0.15) is 24.2 Å². The van der Waals surface area contributed by atoms with Crippen molar-refractivity contribution in [1.29, 1.82) is 0 Å². The molecule has 88 valence electrons. The van der Waals surface area contributed by atoms with E-state index in [0.29, 0.717) is 0 Å². The summed E-state index contributed by atoms with van der Waals surface area (Å²) in [4.78, 5) is 10.5. The average Bonchev–Trinajstić information content (AvgIpc) is 2.13. The number of hydrogen-bond donors (Lipinski definition) is 2. The number of aromatic carboxylic acids is 1. The molecule has 0 atom stereocenters. The number of carbonyl (C=O) groups is 1. The molecule has 0 saturated heterocycles. The van der Waals surface area contributed by atoms with Gasteiger partial charge >= 0.3 is 5.97 Å². The van der Waals surface area contributed by atoms with Gasteiger partial charge in [0.25, 0.3) is 0 Å². The Labute approximate surface area is 92.3 Å². The van der Waals surface area contributed by atoms with Crippen LogP contribution in [0.2, 0.25) is 0 Å². The van der Waals surface area contributed by atoms with Gasteiger partial charge in [-0.15, -0.1) is 0 Å². The predicted octanol–water partition coefficient (Wildman–Crippen LogP) is 1.67. The second-order valence-corrected chi connectivity index (χ2v) is 4.05. The monoisotopic (exact) mass is 228 g/mol. The van der Waals surface area contributed by atoms with Crippen LogP contribution < -0.4 is 4.74 Å². The SMILES string of the molecule is CC(C)(O)COc1ccc(C(=O)O)c(F)c1. The molecule has 0 unspecified atom stereocenters. The van der Waals surface area contributed by atoms with Gasteiger partial charge in [-0.2, -0.15) is 0 Å². The highest BCUT2D eigenvalue weighted by Crippen LogP contribution is 2.17. The highest BCUT2D eigenvalue weighted by molar-refractivity contribution is 5.88. The van der Waals surface area contributed by atoms with Gasteiger partial charge in [0.05, 0.1) is 11.2 Å². The predicted molar refractivity (Wildman–Crippen MR) is 55.2 cm³/mol. The second kappa shape index (κ2) is 4.49. The van der Waals surface area contributed by atoms with Crippen molar-refractivity contribution < 1.29 is 24.1 Å². The molecule has 0 fully saturated rings. The third-order valence-corrected chi connectivity index (χ3v) is 1.76. The van der Waals surface area contributed by atoms with E-state index in [1.807, 2.05) is 0 Å². The average molecular weight is 228 g/mol. The Kier molecular flexibility index (Phi) is 3.49. The lowest BCUT2D eigenvalue weighted by molar-refractivity contribution is 0.0283. The Morgan fingerprint density at radius 3 is 2.56 bits per heavy atom. The van der Waals surface area contributed by atoms with Crippen molar-refractivity contribution in [3.63, 3.8) is 0 Å². The number of aliphatic hydroxyl groups is 1. The number of carboxylic acids is 1. The second-order valence-electron chi connectivity index (χ2n) is 4.05. The van der Waals surface area contributed by atoms with E-state index in [4.69, 9.17) is 9.84 Å². The topological polar surface area (TPSA) is 66.8 Å². The van der Waals surface area contributed by atoms with Crippen molar-refractivity contribution >= 4 is 5.97 Å². The molecule has 1 aromatic rings. The number of ether oxygens (including phenoxy) is 1. The fourth-order valence-electron chi connectivity index (χ4n) is 1.02. The zero-order valence-corrected chi connectivity index (χ0v) is 9.03. The molecule has 0 aliphatic carbocycles. The van der Waals surface area contributed by atoms with E-state index in [0.717, 1.165) is 12.1 Å². The molecule has 0 bridgehead atoms. The first-order valence-corrected chi connectivity index (χ1v) is 4.67. The lowest BCUT2D eigenvalue weighted by atomic mass is 10.1. The first-order valence-electron chi connectivity index (χ1n) is 4.67. The summed E-state index contributed by atoms with van der Waals surface area (Å²) in [6.45, 7) is 3.10. The van der Waals surface area contributed by atoms with Crippen LogP contribution in [0.25, 0.3) is 0 Å². The summed E-state index contributed by atoms with van der Waals surface area (Å²) >= 11 is 0. The number of benzene rings is 1. The Bertz CT molecular complexity index is 395. The van der Waals surface area contributed by atoms with Crippen LogP contribution >= 0.6 is 0 Å². The van der Waals surface area contributed by atoms with Gasteiger partial charge in [0.1, 0.15) is 18.2 Å². The number of rotatable bonds is 4. The van der Waals surface area contributed by atoms with Crippen molar-refractivity contribution in [1.82, 2.24) is 0 Å². The van der Waals surface area contributed by atoms with Gasteiger partial charge < -0.3 is 14.9 Å². The minimum Gasteiger partial charge on any atom is -0.491 e. The Balaban J connectivity index is 2.78. The summed E-state index contributed by atoms with van der Waals surface area (Å²) in [5.41, 5.74) is -1.43. The van der Waals surface area contributed by atoms with E-state index in [-0.39, 0.29) is 12.4 Å². The molecule has 0 aromatic heterocycles. The van der Waals surface area contributed by atoms with Crippen LogP contribution in [-0.2, 0) is 0 Å². The van der Waals surface area contributed by atoms with Crippen molar-refractivity contribution in [3.05, 3.63) is 29.6 Å². The van der Waals surface area contributed by atoms with Gasteiger partial charge in [-0.1, -0.05) is 0 Å². The van der Waals surface area contributed by atoms with Gasteiger partial charge in [-0.25, -0.2) is 9.18 Å². The van der Waals surface area contributed by atoms with E-state index in [9.17, 15) is 14.3 Å². The van der Waals surface area contributed by atoms with E-state index >= 15 is 0 Å². The van der Waals surface area contributed by atoms with Gasteiger partial charge in [0, 0.05) is 6.07 Å². The zero-order valence-electron chi connectivity index (χ0n) is 9.03. The van der Waals surface area contributed by atoms with Crippen LogP contribution in [0.3, 0.4) is 0 Å². The van der Waals surface area contributed by atoms with Crippen LogP contribution in [0.4, 0.5) is 4.39 Å². The Hall–Kier alpha value is -1.62. The minimum absolute atomic E-state index is 0.00113. The van der Waals surface area contributed by atoms with E-state index in [1.165, 1.54) is 6.07 Å². The fourth-order valence-corrected chi connectivity index (χ4v) is 1.02. The molecule has 0 spiro atoms. The quantitative estimate of drug-likeness (QED) is 0.822. The molecule has 0 aliphatic heterocycles. The molecule has 0 amide bonds. The third kappa shape index (κ3) is 3.51. The van der Waals surface area contributed by atoms with Crippen LogP contribution in [0, 0.1) is 5.82 Å². The zero-order chi connectivity index (χ0) is 12.3. The standard InChI is InChI=1S/C11H13FO4/c1-11(2,15)6-16-7-3-4-8(10(13)14)9(12)5-7/h3-5,15H,6H2,1-2H3,(H,13,14). The molecule has 4 nitrogen and oxygen atoms in total. The van der Waals surface area contributed by atoms with E-state index in [2.05, 4.69) is 0 Å². The summed E-state index contributed by atoms with van der Waals surface area (Å²) < 4.78 is 18.3. The molecule has 1 aromatic carbocycles. The van der Waals surface area contributed by atoms with Crippen LogP contribution in [0.5, 0.6) is 5.75 Å². The molecule has 16 heavy (non-hydrogen) atoms. The molecule has 0 saturated carbocycles. The van der Waals surface area contributed by atoms with Gasteiger partial charge in [0.2, 0.25) is 0 Å². The molecule has 1 rings (SSSR count). The molecule has 0 aliphatic rings. The highest BCUT2D eigenvalue weighted by atomic mass is 19.1. The van der Waals surface area contributed by atoms with Crippen molar-refractivity contribution in [3.8, 4) is 5.75 Å². The molecular formula is C11H13FO4. The first-order chi connectivity index (χ1) is 7.29. The number of hydrogen-bond acceptors (Lipinski definition) is 3. The maximum atomic E-state index is 13.2. The first kappa shape index (κ1) is 12.4. The third-order valence-electron chi connectivity index (χ3n) is 1.76. The minimum atomic E-state index is -1.33. The van der Waals surface area contributed by atoms with Crippen molar-refractivity contribution in [2.24, 2.45) is 0 Å². The van der Waals surface area contributed by atoms with Crippen LogP contribution in [0.15, 0.2) is 18.2 Å². The number of halogens is 1. The van der Waals surface area contributed by atoms with Crippen molar-refractivity contribution in [2.75, 3.05) is 6.61 Å². The largest absolute Gasteiger partial charge is 0.491 e. The fraction of sp³-hybridized carbons (Fsp3) is 0.364. The Morgan fingerprint density at radius 1 is 1.50 bits per heavy atom. The summed E-state index contributed by atoms with van der Waals surface area (Å²) in [5, 5.41) is 18.0. The summed E-state index contributed by atoms with van der Waals surface area (Å²) in [7, 11) is 0. The van der Waals surface area contributed by atoms with Gasteiger partial charge in [-0.3, -0.25) is 0 Å². The van der Waals surface area contributed by atoms with E-state index < -0.39 is 23.0 Å². The van der Waals surface area contributed by atoms with Gasteiger partial charge in [-0.05, 0) is 26.0 Å². The summed E-state index contributed by atoms with van der Waals surface area (Å²) in [5.74, 6) is -2.00. The van der Waals surface area contributed by atoms with E-state index in [1.54, 1.807) is 13.8 Å². The van der Waals surface area contributed by atoms with Crippen molar-refractivity contribution in [2.45, 2.75) is 19.4 Å². The number of carboxylic acid groups (broad SMARTS) is 1. The maximum Gasteiger partial charge on any atom is 0.338 e. The molecule has 0 heterocycles. The maximum absolute atomic E-state index is 13.2. The lowest BCUT2D eigenvalue weighted by Crippen LogP contribution is -2.27. The molecule has 2 N–H and O–H groups in total. The normalized spacial score (nSPS) is 11.2. The summed E-state index contributed by atoms with van der Waals surface area (Å²) in [6.07, 6.45) is 0. The molecule has 0 radical (unpaired) electrons. The molecule has 5 heteroatoms. The van der Waals surface area contributed by atoms with Gasteiger partial charge in [0.15, 0.2) is 0 Å². The van der Waals surface area contributed by atoms with Crippen LogP contribution in [-0.4, -0.2) is 28.4 Å². The Morgan fingerprint density at radius 2 is 2.12 bits per heavy atom. The molecular weight excluding hydrogens is 215 g/mol. The smallest absolute Gasteiger partial charge is 0.338 e. The summed E-state index contributed by atoms with van der Waals surface area (Å²) in [6, 6.07) is 3.45. The lowest BCUT2D eigenvalue weighted by Gasteiger charge is -2.17. The highest BCUT2D eigenvalue weighted by Gasteiger charge is 2.15.